The smallest absolute Gasteiger partial charge is 0.164 e. The lowest BCUT2D eigenvalue weighted by Crippen LogP contribution is -2.03. The Morgan fingerprint density at radius 1 is 0.344 bits per heavy atom. The first kappa shape index (κ1) is 37.4. The molecule has 0 aliphatic heterocycles. The molecule has 12 aromatic rings. The number of aryl methyl sites for hydroxylation is 2. The van der Waals surface area contributed by atoms with Crippen molar-refractivity contribution in [1.29, 1.82) is 0 Å². The van der Waals surface area contributed by atoms with Gasteiger partial charge in [-0.3, -0.25) is 0 Å². The highest BCUT2D eigenvalue weighted by Crippen LogP contribution is 2.41. The second-order valence-electron chi connectivity index (χ2n) is 16.3. The Morgan fingerprint density at radius 3 is 1.62 bits per heavy atom. The molecule has 9 aromatic carbocycles. The van der Waals surface area contributed by atoms with E-state index in [1.807, 2.05) is 36.4 Å². The first-order valence-electron chi connectivity index (χ1n) is 21.8. The van der Waals surface area contributed by atoms with Crippen LogP contribution in [0.1, 0.15) is 11.1 Å². The molecule has 0 saturated carbocycles. The van der Waals surface area contributed by atoms with E-state index in [0.29, 0.717) is 17.5 Å². The Balaban J connectivity index is 1.02. The highest BCUT2D eigenvalue weighted by atomic mass is 16.3. The van der Waals surface area contributed by atoms with Crippen LogP contribution < -0.4 is 0 Å². The number of nitrogens with zero attached hydrogens (tertiary/aromatic N) is 4. The maximum absolute atomic E-state index is 6.70. The second-order valence-corrected chi connectivity index (χ2v) is 16.3. The molecular weight excluding hydrogens is 781 g/mol. The maximum Gasteiger partial charge on any atom is 0.164 e. The minimum atomic E-state index is 0.638. The Hall–Kier alpha value is -8.41. The summed E-state index contributed by atoms with van der Waals surface area (Å²) in [4.78, 5) is 15.5. The van der Waals surface area contributed by atoms with Crippen LogP contribution in [-0.2, 0) is 12.8 Å². The van der Waals surface area contributed by atoms with Crippen molar-refractivity contribution in [2.24, 2.45) is 0 Å². The number of rotatable bonds is 9. The Labute approximate surface area is 370 Å². The van der Waals surface area contributed by atoms with E-state index in [-0.39, 0.29) is 0 Å². The van der Waals surface area contributed by atoms with E-state index >= 15 is 0 Å². The molecule has 0 fully saturated rings. The van der Waals surface area contributed by atoms with Gasteiger partial charge >= 0.3 is 0 Å². The Kier molecular flexibility index (Phi) is 9.23. The van der Waals surface area contributed by atoms with Gasteiger partial charge in [-0.1, -0.05) is 176 Å². The molecule has 0 spiro atoms. The standard InChI is InChI=1S/C59H40N4O/c1-5-18-39(19-6-1)46-27-13-14-28-47(46)44-35-33-40(49(36-44)59-61-57(42-20-7-2-8-21-42)60-58(62-59)43-22-9-3-10-23-43)32-34-41-24-17-31-54-56(41)51-37-53-50(38-55(51)64-54)48-29-15-16-30-52(48)63(53)45-25-11-4-12-26-45/h1-31,33,35-38H,32,34H2. The summed E-state index contributed by atoms with van der Waals surface area (Å²) in [6, 6.07) is 76.7. The number of hydrogen-bond acceptors (Lipinski definition) is 4. The van der Waals surface area contributed by atoms with Gasteiger partial charge in [0.2, 0.25) is 0 Å². The predicted molar refractivity (Wildman–Crippen MR) is 262 cm³/mol. The van der Waals surface area contributed by atoms with E-state index < -0.39 is 0 Å². The summed E-state index contributed by atoms with van der Waals surface area (Å²) < 4.78 is 9.07. The molecule has 3 aromatic heterocycles. The van der Waals surface area contributed by atoms with Crippen molar-refractivity contribution in [3.63, 3.8) is 0 Å². The minimum Gasteiger partial charge on any atom is -0.456 e. The third-order valence-electron chi connectivity index (χ3n) is 12.4. The largest absolute Gasteiger partial charge is 0.456 e. The van der Waals surface area contributed by atoms with Gasteiger partial charge in [-0.25, -0.2) is 15.0 Å². The number of furan rings is 1. The molecule has 5 nitrogen and oxygen atoms in total. The van der Waals surface area contributed by atoms with Crippen LogP contribution in [-0.4, -0.2) is 19.5 Å². The average molecular weight is 821 g/mol. The van der Waals surface area contributed by atoms with Gasteiger partial charge in [0, 0.05) is 43.9 Å². The van der Waals surface area contributed by atoms with Crippen LogP contribution in [0.2, 0.25) is 0 Å². The molecule has 0 N–H and O–H groups in total. The fraction of sp³-hybridized carbons (Fsp3) is 0.0339. The molecule has 64 heavy (non-hydrogen) atoms. The number of benzene rings is 9. The molecule has 0 amide bonds. The molecule has 0 aliphatic rings. The van der Waals surface area contributed by atoms with Crippen LogP contribution in [0.15, 0.2) is 223 Å². The summed E-state index contributed by atoms with van der Waals surface area (Å²) in [5.74, 6) is 1.92. The first-order valence-corrected chi connectivity index (χ1v) is 21.8. The predicted octanol–water partition coefficient (Wildman–Crippen LogP) is 15.0. The van der Waals surface area contributed by atoms with E-state index in [1.54, 1.807) is 0 Å². The lowest BCUT2D eigenvalue weighted by Gasteiger charge is -2.16. The molecule has 302 valence electrons. The second kappa shape index (κ2) is 15.8. The zero-order chi connectivity index (χ0) is 42.4. The van der Waals surface area contributed by atoms with Gasteiger partial charge < -0.3 is 8.98 Å². The fourth-order valence-electron chi connectivity index (χ4n) is 9.40. The van der Waals surface area contributed by atoms with Crippen molar-refractivity contribution in [2.45, 2.75) is 12.8 Å². The van der Waals surface area contributed by atoms with Crippen molar-refractivity contribution in [3.8, 4) is 62.1 Å². The molecule has 0 aliphatic carbocycles. The van der Waals surface area contributed by atoms with Crippen LogP contribution in [0.25, 0.3) is 106 Å². The topological polar surface area (TPSA) is 56.7 Å². The van der Waals surface area contributed by atoms with Crippen LogP contribution in [0.5, 0.6) is 0 Å². The third kappa shape index (κ3) is 6.62. The normalized spacial score (nSPS) is 11.6. The van der Waals surface area contributed by atoms with E-state index in [4.69, 9.17) is 19.4 Å². The first-order chi connectivity index (χ1) is 31.7. The van der Waals surface area contributed by atoms with Gasteiger partial charge in [0.15, 0.2) is 17.5 Å². The number of hydrogen-bond donors (Lipinski definition) is 0. The number of fused-ring (bicyclic) bond motifs is 6. The molecule has 0 unspecified atom stereocenters. The van der Waals surface area contributed by atoms with Gasteiger partial charge in [0.05, 0.1) is 11.0 Å². The Bertz CT molecular complexity index is 3590. The van der Waals surface area contributed by atoms with Gasteiger partial charge in [-0.15, -0.1) is 0 Å². The molecule has 0 radical (unpaired) electrons. The highest BCUT2D eigenvalue weighted by Gasteiger charge is 2.20. The molecule has 0 atom stereocenters. The van der Waals surface area contributed by atoms with E-state index in [9.17, 15) is 0 Å². The van der Waals surface area contributed by atoms with Gasteiger partial charge in [-0.05, 0) is 88.7 Å². The van der Waals surface area contributed by atoms with Crippen molar-refractivity contribution < 1.29 is 4.42 Å². The lowest BCUT2D eigenvalue weighted by atomic mass is 9.90. The number of para-hydroxylation sites is 2. The average Bonchev–Trinajstić information content (AvgIpc) is 3.91. The van der Waals surface area contributed by atoms with Crippen LogP contribution in [0.3, 0.4) is 0 Å². The van der Waals surface area contributed by atoms with Crippen molar-refractivity contribution in [1.82, 2.24) is 19.5 Å². The van der Waals surface area contributed by atoms with Crippen molar-refractivity contribution in [2.75, 3.05) is 0 Å². The summed E-state index contributed by atoms with van der Waals surface area (Å²) in [7, 11) is 0. The molecule has 0 bridgehead atoms. The maximum atomic E-state index is 6.70. The van der Waals surface area contributed by atoms with Crippen molar-refractivity contribution in [3.05, 3.63) is 230 Å². The zero-order valence-corrected chi connectivity index (χ0v) is 34.9. The zero-order valence-electron chi connectivity index (χ0n) is 34.9. The van der Waals surface area contributed by atoms with Gasteiger partial charge in [0.1, 0.15) is 11.2 Å². The summed E-state index contributed by atoms with van der Waals surface area (Å²) in [5, 5.41) is 4.64. The van der Waals surface area contributed by atoms with Gasteiger partial charge in [-0.2, -0.15) is 0 Å². The lowest BCUT2D eigenvalue weighted by molar-refractivity contribution is 0.669. The van der Waals surface area contributed by atoms with Crippen LogP contribution >= 0.6 is 0 Å². The van der Waals surface area contributed by atoms with Crippen LogP contribution in [0, 0.1) is 0 Å². The third-order valence-corrected chi connectivity index (χ3v) is 12.4. The van der Waals surface area contributed by atoms with Crippen LogP contribution in [0.4, 0.5) is 0 Å². The molecular formula is C59H40N4O. The van der Waals surface area contributed by atoms with E-state index in [1.165, 1.54) is 33.0 Å². The summed E-state index contributed by atoms with van der Waals surface area (Å²) >= 11 is 0. The molecule has 0 saturated heterocycles. The van der Waals surface area contributed by atoms with Crippen molar-refractivity contribution >= 4 is 43.7 Å². The van der Waals surface area contributed by atoms with E-state index in [0.717, 1.165) is 79.4 Å². The van der Waals surface area contributed by atoms with Gasteiger partial charge in [0.25, 0.3) is 0 Å². The summed E-state index contributed by atoms with van der Waals surface area (Å²) in [6.07, 6.45) is 1.53. The highest BCUT2D eigenvalue weighted by molar-refractivity contribution is 6.17. The summed E-state index contributed by atoms with van der Waals surface area (Å²) in [5.41, 5.74) is 15.1. The fourth-order valence-corrected chi connectivity index (χ4v) is 9.40. The monoisotopic (exact) mass is 820 g/mol. The number of aromatic nitrogens is 4. The molecule has 12 rings (SSSR count). The van der Waals surface area contributed by atoms with E-state index in [2.05, 4.69) is 187 Å². The quantitative estimate of drug-likeness (QED) is 0.146. The minimum absolute atomic E-state index is 0.638. The molecule has 3 heterocycles. The SMILES string of the molecule is c1ccc(-c2nc(-c3ccccc3)nc(-c3cc(-c4ccccc4-c4ccccc4)ccc3CCc3cccc4oc5cc6c7ccccc7n(-c7ccccc7)c6cc5c34)n2)cc1. The Morgan fingerprint density at radius 2 is 0.922 bits per heavy atom. The summed E-state index contributed by atoms with van der Waals surface area (Å²) in [6.45, 7) is 0. The molecule has 5 heteroatoms.